The first-order chi connectivity index (χ1) is 17.1. The number of rotatable bonds is 6. The van der Waals surface area contributed by atoms with Crippen molar-refractivity contribution in [2.75, 3.05) is 36.8 Å². The van der Waals surface area contributed by atoms with Crippen LogP contribution in [0.5, 0.6) is 0 Å². The van der Waals surface area contributed by atoms with E-state index in [9.17, 15) is 0 Å². The first-order valence-electron chi connectivity index (χ1n) is 12.1. The Hall–Kier alpha value is -3.85. The predicted octanol–water partition coefficient (Wildman–Crippen LogP) is 3.30. The van der Waals surface area contributed by atoms with E-state index in [0.717, 1.165) is 56.0 Å². The van der Waals surface area contributed by atoms with E-state index in [4.69, 9.17) is 15.2 Å². The number of nitrogens with one attached hydrogen (secondary N) is 1. The molecule has 35 heavy (non-hydrogen) atoms. The number of piperazine rings is 1. The average Bonchev–Trinajstić information content (AvgIpc) is 3.66. The van der Waals surface area contributed by atoms with Gasteiger partial charge >= 0.3 is 0 Å². The van der Waals surface area contributed by atoms with Crippen LogP contribution in [-0.2, 0) is 5.41 Å². The molecule has 3 N–H and O–H groups in total. The standard InChI is InChI=1S/C26H28N8O/c1-26(20-7-8-20,19-5-2-17(3-6-19)18-4-9-22(27)30-14-18)25-32-24(35-33-25)21-15-31-23(16-29-21)34-12-10-28-11-13-34/h2-6,9,14-16,20,28H,7-8,10-13H2,1H3,(H2,27,30)/t26-/m0/s1. The SMILES string of the molecule is C[C@@](c1ccc(-c2ccc(N)nc2)cc1)(c1noc(-c2cnc(N3CCNCC3)cn2)n1)C1CC1. The van der Waals surface area contributed by atoms with Crippen LogP contribution in [-0.4, -0.2) is 51.3 Å². The van der Waals surface area contributed by atoms with Crippen LogP contribution in [0, 0.1) is 5.92 Å². The zero-order chi connectivity index (χ0) is 23.8. The van der Waals surface area contributed by atoms with E-state index >= 15 is 0 Å². The van der Waals surface area contributed by atoms with Crippen LogP contribution in [0.1, 0.15) is 31.2 Å². The van der Waals surface area contributed by atoms with E-state index in [1.165, 1.54) is 5.56 Å². The summed E-state index contributed by atoms with van der Waals surface area (Å²) in [7, 11) is 0. The number of nitrogens with two attached hydrogens (primary N) is 1. The first kappa shape index (κ1) is 21.7. The molecule has 0 unspecified atom stereocenters. The van der Waals surface area contributed by atoms with Gasteiger partial charge in [-0.15, -0.1) is 0 Å². The lowest BCUT2D eigenvalue weighted by Gasteiger charge is -2.27. The molecule has 2 fully saturated rings. The van der Waals surface area contributed by atoms with Gasteiger partial charge in [-0.05, 0) is 48.9 Å². The van der Waals surface area contributed by atoms with Gasteiger partial charge in [0.05, 0.1) is 17.8 Å². The Kier molecular flexibility index (Phi) is 5.41. The molecule has 9 nitrogen and oxygen atoms in total. The summed E-state index contributed by atoms with van der Waals surface area (Å²) in [5.74, 6) is 2.94. The van der Waals surface area contributed by atoms with Crippen LogP contribution in [0.25, 0.3) is 22.7 Å². The number of pyridine rings is 1. The molecular weight excluding hydrogens is 440 g/mol. The van der Waals surface area contributed by atoms with Crippen LogP contribution in [0.2, 0.25) is 0 Å². The molecule has 0 bridgehead atoms. The third-order valence-electron chi connectivity index (χ3n) is 7.19. The molecule has 1 aromatic carbocycles. The van der Waals surface area contributed by atoms with Gasteiger partial charge in [-0.3, -0.25) is 0 Å². The van der Waals surface area contributed by atoms with Gasteiger partial charge in [0.2, 0.25) is 0 Å². The van der Waals surface area contributed by atoms with Crippen LogP contribution in [0.4, 0.5) is 11.6 Å². The topological polar surface area (TPSA) is 119 Å². The summed E-state index contributed by atoms with van der Waals surface area (Å²) < 4.78 is 5.68. The zero-order valence-electron chi connectivity index (χ0n) is 19.7. The van der Waals surface area contributed by atoms with Crippen molar-refractivity contribution in [1.82, 2.24) is 30.4 Å². The fourth-order valence-electron chi connectivity index (χ4n) is 4.82. The van der Waals surface area contributed by atoms with E-state index < -0.39 is 0 Å². The van der Waals surface area contributed by atoms with Crippen molar-refractivity contribution >= 4 is 11.6 Å². The lowest BCUT2D eigenvalue weighted by atomic mass is 9.76. The highest BCUT2D eigenvalue weighted by Crippen LogP contribution is 2.50. The van der Waals surface area contributed by atoms with Gasteiger partial charge in [-0.2, -0.15) is 4.98 Å². The van der Waals surface area contributed by atoms with Gasteiger partial charge < -0.3 is 20.5 Å². The van der Waals surface area contributed by atoms with Crippen molar-refractivity contribution in [3.8, 4) is 22.7 Å². The molecule has 0 radical (unpaired) electrons. The molecule has 0 amide bonds. The Morgan fingerprint density at radius 1 is 0.943 bits per heavy atom. The van der Waals surface area contributed by atoms with Crippen molar-refractivity contribution < 1.29 is 4.52 Å². The van der Waals surface area contributed by atoms with Crippen LogP contribution in [0.15, 0.2) is 59.5 Å². The number of benzene rings is 1. The molecule has 2 aliphatic rings. The molecule has 0 spiro atoms. The highest BCUT2D eigenvalue weighted by molar-refractivity contribution is 5.64. The van der Waals surface area contributed by atoms with Crippen LogP contribution >= 0.6 is 0 Å². The summed E-state index contributed by atoms with van der Waals surface area (Å²) in [5.41, 5.74) is 9.27. The summed E-state index contributed by atoms with van der Waals surface area (Å²) in [6.45, 7) is 5.96. The normalized spacial score (nSPS) is 17.8. The molecule has 6 rings (SSSR count). The van der Waals surface area contributed by atoms with Gasteiger partial charge in [0.25, 0.3) is 5.89 Å². The molecule has 1 saturated carbocycles. The molecule has 1 saturated heterocycles. The van der Waals surface area contributed by atoms with Crippen LogP contribution in [0.3, 0.4) is 0 Å². The largest absolute Gasteiger partial charge is 0.384 e. The van der Waals surface area contributed by atoms with Gasteiger partial charge in [-0.1, -0.05) is 29.4 Å². The smallest absolute Gasteiger partial charge is 0.278 e. The molecule has 9 heteroatoms. The molecule has 3 aromatic heterocycles. The molecule has 1 atom stereocenters. The maximum atomic E-state index is 5.73. The molecule has 4 heterocycles. The molecule has 1 aliphatic carbocycles. The minimum absolute atomic E-state index is 0.339. The summed E-state index contributed by atoms with van der Waals surface area (Å²) in [6, 6.07) is 12.3. The number of nitrogen functional groups attached to an aromatic ring is 1. The number of hydrogen-bond donors (Lipinski definition) is 2. The summed E-state index contributed by atoms with van der Waals surface area (Å²) in [6.07, 6.45) is 7.59. The highest BCUT2D eigenvalue weighted by atomic mass is 16.5. The van der Waals surface area contributed by atoms with Gasteiger partial charge in [0, 0.05) is 37.9 Å². The van der Waals surface area contributed by atoms with E-state index in [1.807, 2.05) is 12.1 Å². The van der Waals surface area contributed by atoms with E-state index in [0.29, 0.717) is 29.1 Å². The number of aromatic nitrogens is 5. The average molecular weight is 469 g/mol. The maximum absolute atomic E-state index is 5.73. The second-order valence-corrected chi connectivity index (χ2v) is 9.45. The summed E-state index contributed by atoms with van der Waals surface area (Å²) in [4.78, 5) is 20.4. The maximum Gasteiger partial charge on any atom is 0.278 e. The van der Waals surface area contributed by atoms with Crippen LogP contribution < -0.4 is 16.0 Å². The van der Waals surface area contributed by atoms with Gasteiger partial charge in [0.1, 0.15) is 17.3 Å². The lowest BCUT2D eigenvalue weighted by molar-refractivity contribution is 0.386. The van der Waals surface area contributed by atoms with Gasteiger partial charge in [-0.25, -0.2) is 15.0 Å². The second kappa shape index (κ2) is 8.74. The van der Waals surface area contributed by atoms with Crippen molar-refractivity contribution in [2.24, 2.45) is 5.92 Å². The summed E-state index contributed by atoms with van der Waals surface area (Å²) >= 11 is 0. The Bertz CT molecular complexity index is 1290. The fourth-order valence-corrected chi connectivity index (χ4v) is 4.82. The number of hydrogen-bond acceptors (Lipinski definition) is 9. The lowest BCUT2D eigenvalue weighted by Crippen LogP contribution is -2.43. The third kappa shape index (κ3) is 4.12. The predicted molar refractivity (Wildman–Crippen MR) is 134 cm³/mol. The Morgan fingerprint density at radius 3 is 2.37 bits per heavy atom. The second-order valence-electron chi connectivity index (χ2n) is 9.45. The van der Waals surface area contributed by atoms with E-state index in [-0.39, 0.29) is 5.41 Å². The minimum atomic E-state index is -0.339. The Morgan fingerprint density at radius 2 is 1.71 bits per heavy atom. The van der Waals surface area contributed by atoms with E-state index in [2.05, 4.69) is 61.5 Å². The first-order valence-corrected chi connectivity index (χ1v) is 12.1. The number of anilines is 2. The highest BCUT2D eigenvalue weighted by Gasteiger charge is 2.47. The van der Waals surface area contributed by atoms with Crippen molar-refractivity contribution in [2.45, 2.75) is 25.2 Å². The monoisotopic (exact) mass is 468 g/mol. The Balaban J connectivity index is 1.26. The Labute approximate surface area is 203 Å². The van der Waals surface area contributed by atoms with Crippen molar-refractivity contribution in [1.29, 1.82) is 0 Å². The van der Waals surface area contributed by atoms with Crippen molar-refractivity contribution in [3.05, 3.63) is 66.4 Å². The van der Waals surface area contributed by atoms with Crippen molar-refractivity contribution in [3.63, 3.8) is 0 Å². The molecule has 4 aromatic rings. The fraction of sp³-hybridized carbons (Fsp3) is 0.346. The minimum Gasteiger partial charge on any atom is -0.384 e. The zero-order valence-corrected chi connectivity index (χ0v) is 19.7. The molecule has 178 valence electrons. The summed E-state index contributed by atoms with van der Waals surface area (Å²) in [5, 5.41) is 7.76. The van der Waals surface area contributed by atoms with E-state index in [1.54, 1.807) is 18.6 Å². The molecular formula is C26H28N8O. The van der Waals surface area contributed by atoms with Gasteiger partial charge in [0.15, 0.2) is 5.82 Å². The molecule has 1 aliphatic heterocycles. The quantitative estimate of drug-likeness (QED) is 0.439. The number of nitrogens with zero attached hydrogens (tertiary/aromatic N) is 6. The third-order valence-corrected chi connectivity index (χ3v) is 7.19.